The molecule has 0 aliphatic carbocycles. The van der Waals surface area contributed by atoms with Gasteiger partial charge in [-0.15, -0.1) is 0 Å². The summed E-state index contributed by atoms with van der Waals surface area (Å²) < 4.78 is 36.6. The summed E-state index contributed by atoms with van der Waals surface area (Å²) in [5, 5.41) is 8.54. The SMILES string of the molecule is C/C(=C1/CCN(C(=O)O)C1)C(F)(F)F. The van der Waals surface area contributed by atoms with Gasteiger partial charge in [-0.2, -0.15) is 13.2 Å². The van der Waals surface area contributed by atoms with Crippen LogP contribution in [0.5, 0.6) is 0 Å². The van der Waals surface area contributed by atoms with E-state index < -0.39 is 17.8 Å². The molecule has 80 valence electrons. The highest BCUT2D eigenvalue weighted by molar-refractivity contribution is 5.66. The number of carboxylic acid groups (broad SMARTS) is 1. The number of hydrogen-bond acceptors (Lipinski definition) is 1. The molecule has 0 aromatic rings. The van der Waals surface area contributed by atoms with Crippen molar-refractivity contribution in [1.82, 2.24) is 4.90 Å². The molecule has 1 rings (SSSR count). The van der Waals surface area contributed by atoms with Crippen molar-refractivity contribution >= 4 is 6.09 Å². The normalized spacial score (nSPS) is 21.3. The minimum Gasteiger partial charge on any atom is -0.465 e. The second-order valence-corrected chi connectivity index (χ2v) is 3.18. The van der Waals surface area contributed by atoms with E-state index in [9.17, 15) is 18.0 Å². The zero-order valence-electron chi connectivity index (χ0n) is 7.56. The van der Waals surface area contributed by atoms with Crippen LogP contribution < -0.4 is 0 Å². The number of likely N-dealkylation sites (tertiary alicyclic amines) is 1. The van der Waals surface area contributed by atoms with Gasteiger partial charge in [0.25, 0.3) is 0 Å². The molecule has 1 N–H and O–H groups in total. The number of amides is 1. The average Bonchev–Trinajstić information content (AvgIpc) is 2.48. The summed E-state index contributed by atoms with van der Waals surface area (Å²) in [4.78, 5) is 11.4. The molecule has 0 atom stereocenters. The van der Waals surface area contributed by atoms with E-state index in [0.29, 0.717) is 0 Å². The molecule has 0 aromatic carbocycles. The lowest BCUT2D eigenvalue weighted by atomic mass is 10.1. The lowest BCUT2D eigenvalue weighted by molar-refractivity contribution is -0.0922. The fraction of sp³-hybridized carbons (Fsp3) is 0.625. The van der Waals surface area contributed by atoms with Crippen molar-refractivity contribution in [2.45, 2.75) is 19.5 Å². The molecule has 1 amide bonds. The van der Waals surface area contributed by atoms with Crippen LogP contribution in [-0.4, -0.2) is 35.4 Å². The monoisotopic (exact) mass is 209 g/mol. The zero-order valence-corrected chi connectivity index (χ0v) is 7.56. The van der Waals surface area contributed by atoms with Crippen molar-refractivity contribution in [2.24, 2.45) is 0 Å². The molecule has 14 heavy (non-hydrogen) atoms. The predicted octanol–water partition coefficient (Wildman–Crippen LogP) is 2.25. The molecule has 3 nitrogen and oxygen atoms in total. The largest absolute Gasteiger partial charge is 0.465 e. The lowest BCUT2D eigenvalue weighted by Crippen LogP contribution is -2.26. The number of allylic oxidation sites excluding steroid dienone is 1. The first kappa shape index (κ1) is 10.9. The molecule has 1 heterocycles. The lowest BCUT2D eigenvalue weighted by Gasteiger charge is -2.11. The van der Waals surface area contributed by atoms with Gasteiger partial charge in [0.2, 0.25) is 0 Å². The third-order valence-corrected chi connectivity index (χ3v) is 2.29. The maximum Gasteiger partial charge on any atom is 0.412 e. The minimum atomic E-state index is -4.34. The van der Waals surface area contributed by atoms with Gasteiger partial charge in [-0.3, -0.25) is 0 Å². The van der Waals surface area contributed by atoms with Crippen LogP contribution in [0.15, 0.2) is 11.1 Å². The molecule has 0 radical (unpaired) electrons. The van der Waals surface area contributed by atoms with Gasteiger partial charge in [0.1, 0.15) is 0 Å². The fourth-order valence-electron chi connectivity index (χ4n) is 1.33. The van der Waals surface area contributed by atoms with Crippen LogP contribution in [0.25, 0.3) is 0 Å². The Morgan fingerprint density at radius 2 is 2.07 bits per heavy atom. The molecule has 1 saturated heterocycles. The van der Waals surface area contributed by atoms with E-state index in [-0.39, 0.29) is 25.1 Å². The topological polar surface area (TPSA) is 40.5 Å². The molecule has 0 unspecified atom stereocenters. The zero-order chi connectivity index (χ0) is 10.9. The molecular formula is C8H10F3NO2. The second-order valence-electron chi connectivity index (χ2n) is 3.18. The van der Waals surface area contributed by atoms with Gasteiger partial charge in [-0.1, -0.05) is 0 Å². The quantitative estimate of drug-likeness (QED) is 0.621. The molecule has 0 spiro atoms. The van der Waals surface area contributed by atoms with Crippen LogP contribution in [0.2, 0.25) is 0 Å². The molecule has 1 aliphatic heterocycles. The van der Waals surface area contributed by atoms with Gasteiger partial charge in [0.05, 0.1) is 0 Å². The summed E-state index contributed by atoms with van der Waals surface area (Å²) in [6.07, 6.45) is -5.34. The van der Waals surface area contributed by atoms with Crippen molar-refractivity contribution in [1.29, 1.82) is 0 Å². The number of hydrogen-bond donors (Lipinski definition) is 1. The van der Waals surface area contributed by atoms with Gasteiger partial charge in [-0.25, -0.2) is 4.79 Å². The van der Waals surface area contributed by atoms with Crippen LogP contribution >= 0.6 is 0 Å². The first-order chi connectivity index (χ1) is 6.32. The summed E-state index contributed by atoms with van der Waals surface area (Å²) >= 11 is 0. The van der Waals surface area contributed by atoms with Crippen molar-refractivity contribution in [2.75, 3.05) is 13.1 Å². The average molecular weight is 209 g/mol. The number of halogens is 3. The second kappa shape index (κ2) is 3.51. The fourth-order valence-corrected chi connectivity index (χ4v) is 1.33. The Morgan fingerprint density at radius 3 is 2.43 bits per heavy atom. The van der Waals surface area contributed by atoms with E-state index in [2.05, 4.69) is 0 Å². The van der Waals surface area contributed by atoms with Gasteiger partial charge in [-0.05, 0) is 18.9 Å². The highest BCUT2D eigenvalue weighted by Crippen LogP contribution is 2.31. The van der Waals surface area contributed by atoms with Gasteiger partial charge in [0, 0.05) is 18.7 Å². The van der Waals surface area contributed by atoms with Crippen LogP contribution in [0.4, 0.5) is 18.0 Å². The van der Waals surface area contributed by atoms with Gasteiger partial charge >= 0.3 is 12.3 Å². The van der Waals surface area contributed by atoms with Crippen molar-refractivity contribution in [3.8, 4) is 0 Å². The van der Waals surface area contributed by atoms with Crippen molar-refractivity contribution in [3.63, 3.8) is 0 Å². The van der Waals surface area contributed by atoms with E-state index in [1.54, 1.807) is 0 Å². The standard InChI is InChI=1S/C8H10F3NO2/c1-5(8(9,10)11)6-2-3-12(4-6)7(13)14/h2-4H2,1H3,(H,13,14)/b6-5+. The maximum atomic E-state index is 12.2. The number of rotatable bonds is 0. The van der Waals surface area contributed by atoms with Crippen LogP contribution in [0.1, 0.15) is 13.3 Å². The molecule has 0 saturated carbocycles. The Hall–Kier alpha value is -1.20. The van der Waals surface area contributed by atoms with Crippen LogP contribution in [-0.2, 0) is 0 Å². The smallest absolute Gasteiger partial charge is 0.412 e. The highest BCUT2D eigenvalue weighted by Gasteiger charge is 2.35. The third kappa shape index (κ3) is 2.18. The first-order valence-electron chi connectivity index (χ1n) is 4.06. The Balaban J connectivity index is 2.79. The van der Waals surface area contributed by atoms with Crippen molar-refractivity contribution < 1.29 is 23.1 Å². The van der Waals surface area contributed by atoms with Crippen LogP contribution in [0.3, 0.4) is 0 Å². The molecule has 0 aromatic heterocycles. The molecule has 0 bridgehead atoms. The molecule has 1 fully saturated rings. The first-order valence-corrected chi connectivity index (χ1v) is 4.06. The van der Waals surface area contributed by atoms with E-state index in [4.69, 9.17) is 5.11 Å². The molecule has 6 heteroatoms. The van der Waals surface area contributed by atoms with Gasteiger partial charge < -0.3 is 10.0 Å². The Bertz CT molecular complexity index is 283. The number of carbonyl (C=O) groups is 1. The van der Waals surface area contributed by atoms with E-state index >= 15 is 0 Å². The third-order valence-electron chi connectivity index (χ3n) is 2.29. The Morgan fingerprint density at radius 1 is 1.50 bits per heavy atom. The van der Waals surface area contributed by atoms with Crippen LogP contribution in [0, 0.1) is 0 Å². The summed E-state index contributed by atoms with van der Waals surface area (Å²) in [5.74, 6) is 0. The Labute approximate surface area is 78.8 Å². The van der Waals surface area contributed by atoms with E-state index in [1.165, 1.54) is 0 Å². The Kier molecular flexibility index (Phi) is 2.73. The number of alkyl halides is 3. The summed E-state index contributed by atoms with van der Waals surface area (Å²) in [7, 11) is 0. The molecular weight excluding hydrogens is 199 g/mol. The van der Waals surface area contributed by atoms with E-state index in [0.717, 1.165) is 11.8 Å². The van der Waals surface area contributed by atoms with Crippen molar-refractivity contribution in [3.05, 3.63) is 11.1 Å². The maximum absolute atomic E-state index is 12.2. The van der Waals surface area contributed by atoms with E-state index in [1.807, 2.05) is 0 Å². The molecule has 1 aliphatic rings. The minimum absolute atomic E-state index is 0.124. The summed E-state index contributed by atoms with van der Waals surface area (Å²) in [6, 6.07) is 0. The van der Waals surface area contributed by atoms with Gasteiger partial charge in [0.15, 0.2) is 0 Å². The summed E-state index contributed by atoms with van der Waals surface area (Å²) in [6.45, 7) is 1.01. The summed E-state index contributed by atoms with van der Waals surface area (Å²) in [5.41, 5.74) is -0.499. The highest BCUT2D eigenvalue weighted by atomic mass is 19.4. The number of nitrogens with zero attached hydrogens (tertiary/aromatic N) is 1. The predicted molar refractivity (Wildman–Crippen MR) is 43.0 cm³/mol.